The van der Waals surface area contributed by atoms with Crippen molar-refractivity contribution in [1.29, 1.82) is 0 Å². The number of hydrogen-bond acceptors (Lipinski definition) is 3. The molecule has 16 heavy (non-hydrogen) atoms. The van der Waals surface area contributed by atoms with E-state index in [0.717, 1.165) is 0 Å². The van der Waals surface area contributed by atoms with E-state index in [1.807, 2.05) is 0 Å². The topological polar surface area (TPSA) is 63.6 Å². The molecule has 2 unspecified atom stereocenters. The first-order chi connectivity index (χ1) is 7.34. The zero-order valence-corrected chi connectivity index (χ0v) is 11.1. The van der Waals surface area contributed by atoms with Crippen LogP contribution in [-0.2, 0) is 19.9 Å². The molecule has 1 rings (SSSR count). The fraction of sp³-hybridized carbons (Fsp3) is 0.400. The highest BCUT2D eigenvalue weighted by Crippen LogP contribution is 2.43. The molecule has 0 aromatic heterocycles. The third kappa shape index (κ3) is 3.25. The standard InChI is InChI=1S/C10H15O4PS/c1-8(2)14-15(11,12)9-6-4-5-7-10(9)16(3)13/h4-8H,1-3H3,(H,11,12). The van der Waals surface area contributed by atoms with Crippen molar-refractivity contribution in [3.05, 3.63) is 24.3 Å². The quantitative estimate of drug-likeness (QED) is 0.838. The predicted octanol–water partition coefficient (Wildman–Crippen LogP) is 1.66. The second-order valence-electron chi connectivity index (χ2n) is 3.60. The van der Waals surface area contributed by atoms with Gasteiger partial charge in [0.2, 0.25) is 0 Å². The van der Waals surface area contributed by atoms with E-state index in [2.05, 4.69) is 0 Å². The summed E-state index contributed by atoms with van der Waals surface area (Å²) in [4.78, 5) is 10.1. The van der Waals surface area contributed by atoms with E-state index in [9.17, 15) is 13.7 Å². The van der Waals surface area contributed by atoms with Crippen LogP contribution in [0, 0.1) is 0 Å². The highest BCUT2D eigenvalue weighted by molar-refractivity contribution is 7.85. The Morgan fingerprint density at radius 3 is 2.44 bits per heavy atom. The Bertz CT molecular complexity index is 444. The Balaban J connectivity index is 3.22. The van der Waals surface area contributed by atoms with Crippen molar-refractivity contribution >= 4 is 23.7 Å². The van der Waals surface area contributed by atoms with Crippen LogP contribution < -0.4 is 5.30 Å². The molecule has 0 aliphatic rings. The van der Waals surface area contributed by atoms with Crippen molar-refractivity contribution in [2.45, 2.75) is 24.8 Å². The van der Waals surface area contributed by atoms with Crippen LogP contribution in [0.4, 0.5) is 0 Å². The molecule has 0 radical (unpaired) electrons. The highest BCUT2D eigenvalue weighted by Gasteiger charge is 2.28. The third-order valence-corrected chi connectivity index (χ3v) is 4.67. The summed E-state index contributed by atoms with van der Waals surface area (Å²) in [6, 6.07) is 6.34. The Hall–Kier alpha value is -0.480. The SMILES string of the molecule is CC(C)OP(=O)(O)c1ccccc1S(C)=O. The number of benzene rings is 1. The van der Waals surface area contributed by atoms with E-state index in [-0.39, 0.29) is 11.4 Å². The van der Waals surface area contributed by atoms with Crippen LogP contribution in [0.2, 0.25) is 0 Å². The Kier molecular flexibility index (Phi) is 4.44. The van der Waals surface area contributed by atoms with Crippen molar-refractivity contribution in [2.75, 3.05) is 6.26 Å². The molecule has 4 nitrogen and oxygen atoms in total. The van der Waals surface area contributed by atoms with Gasteiger partial charge in [0.15, 0.2) is 0 Å². The van der Waals surface area contributed by atoms with Crippen molar-refractivity contribution in [2.24, 2.45) is 0 Å². The summed E-state index contributed by atoms with van der Waals surface area (Å²) >= 11 is 0. The van der Waals surface area contributed by atoms with Crippen molar-refractivity contribution in [3.63, 3.8) is 0 Å². The zero-order valence-electron chi connectivity index (χ0n) is 9.41. The van der Waals surface area contributed by atoms with Crippen LogP contribution >= 0.6 is 7.60 Å². The Morgan fingerprint density at radius 1 is 1.38 bits per heavy atom. The van der Waals surface area contributed by atoms with Gasteiger partial charge < -0.3 is 9.42 Å². The fourth-order valence-electron chi connectivity index (χ4n) is 1.28. The molecule has 0 saturated heterocycles. The van der Waals surface area contributed by atoms with Gasteiger partial charge in [-0.2, -0.15) is 0 Å². The van der Waals surface area contributed by atoms with Crippen molar-refractivity contribution in [3.8, 4) is 0 Å². The molecule has 1 N–H and O–H groups in total. The van der Waals surface area contributed by atoms with Crippen LogP contribution in [0.1, 0.15) is 13.8 Å². The number of rotatable bonds is 4. The minimum Gasteiger partial charge on any atom is -0.321 e. The molecule has 6 heteroatoms. The lowest BCUT2D eigenvalue weighted by Gasteiger charge is -2.16. The minimum atomic E-state index is -3.89. The van der Waals surface area contributed by atoms with Crippen LogP contribution in [0.5, 0.6) is 0 Å². The molecule has 0 saturated carbocycles. The average molecular weight is 262 g/mol. The summed E-state index contributed by atoms with van der Waals surface area (Å²) < 4.78 is 28.4. The van der Waals surface area contributed by atoms with Gasteiger partial charge >= 0.3 is 7.60 Å². The molecule has 0 amide bonds. The van der Waals surface area contributed by atoms with Gasteiger partial charge in [0.25, 0.3) is 0 Å². The van der Waals surface area contributed by atoms with E-state index in [0.29, 0.717) is 4.90 Å². The van der Waals surface area contributed by atoms with Gasteiger partial charge in [0.05, 0.1) is 27.1 Å². The lowest BCUT2D eigenvalue weighted by Crippen LogP contribution is -2.15. The monoisotopic (exact) mass is 262 g/mol. The second-order valence-corrected chi connectivity index (χ2v) is 6.68. The van der Waals surface area contributed by atoms with Gasteiger partial charge in [-0.25, -0.2) is 0 Å². The third-order valence-electron chi connectivity index (χ3n) is 1.83. The van der Waals surface area contributed by atoms with Gasteiger partial charge in [-0.15, -0.1) is 0 Å². The van der Waals surface area contributed by atoms with Crippen molar-refractivity contribution < 1.29 is 18.2 Å². The molecular formula is C10H15O4PS. The fourth-order valence-corrected chi connectivity index (χ4v) is 3.95. The zero-order chi connectivity index (χ0) is 12.3. The first kappa shape index (κ1) is 13.6. The molecule has 0 heterocycles. The summed E-state index contributed by atoms with van der Waals surface area (Å²) in [5.41, 5.74) is 0. The summed E-state index contributed by atoms with van der Waals surface area (Å²) in [6.07, 6.45) is 1.10. The first-order valence-electron chi connectivity index (χ1n) is 4.79. The van der Waals surface area contributed by atoms with Crippen LogP contribution in [-0.4, -0.2) is 21.5 Å². The summed E-state index contributed by atoms with van der Waals surface area (Å²) in [5, 5.41) is 0.115. The maximum Gasteiger partial charge on any atom is 0.360 e. The molecule has 0 bridgehead atoms. The molecule has 0 fully saturated rings. The molecule has 1 aromatic carbocycles. The van der Waals surface area contributed by atoms with E-state index >= 15 is 0 Å². The highest BCUT2D eigenvalue weighted by atomic mass is 32.2. The van der Waals surface area contributed by atoms with Crippen LogP contribution in [0.3, 0.4) is 0 Å². The second kappa shape index (κ2) is 5.23. The largest absolute Gasteiger partial charge is 0.360 e. The van der Waals surface area contributed by atoms with E-state index in [1.165, 1.54) is 12.3 Å². The van der Waals surface area contributed by atoms with E-state index in [4.69, 9.17) is 4.52 Å². The molecule has 2 atom stereocenters. The van der Waals surface area contributed by atoms with Gasteiger partial charge in [-0.1, -0.05) is 12.1 Å². The molecule has 90 valence electrons. The summed E-state index contributed by atoms with van der Waals surface area (Å²) in [5.74, 6) is 0. The smallest absolute Gasteiger partial charge is 0.321 e. The average Bonchev–Trinajstić information content (AvgIpc) is 2.15. The molecule has 1 aromatic rings. The van der Waals surface area contributed by atoms with Gasteiger partial charge in [-0.3, -0.25) is 8.77 Å². The number of hydrogen-bond donors (Lipinski definition) is 1. The molecule has 0 aliphatic carbocycles. The molecular weight excluding hydrogens is 247 g/mol. The van der Waals surface area contributed by atoms with E-state index in [1.54, 1.807) is 32.0 Å². The van der Waals surface area contributed by atoms with Gasteiger partial charge in [-0.05, 0) is 26.0 Å². The first-order valence-corrected chi connectivity index (χ1v) is 7.92. The van der Waals surface area contributed by atoms with Gasteiger partial charge in [0, 0.05) is 6.26 Å². The van der Waals surface area contributed by atoms with Gasteiger partial charge in [0.1, 0.15) is 0 Å². The maximum atomic E-state index is 12.0. The maximum absolute atomic E-state index is 12.0. The Labute approximate surface area is 97.6 Å². The Morgan fingerprint density at radius 2 is 1.94 bits per heavy atom. The lowest BCUT2D eigenvalue weighted by molar-refractivity contribution is 0.212. The lowest BCUT2D eigenvalue weighted by atomic mass is 10.4. The normalized spacial score (nSPS) is 17.1. The summed E-state index contributed by atoms with van der Waals surface area (Å²) in [7, 11) is -5.20. The molecule has 0 spiro atoms. The van der Waals surface area contributed by atoms with Crippen LogP contribution in [0.25, 0.3) is 0 Å². The summed E-state index contributed by atoms with van der Waals surface area (Å²) in [6.45, 7) is 3.35. The van der Waals surface area contributed by atoms with Crippen LogP contribution in [0.15, 0.2) is 29.2 Å². The minimum absolute atomic E-state index is 0.115. The van der Waals surface area contributed by atoms with Crippen molar-refractivity contribution in [1.82, 2.24) is 0 Å². The molecule has 0 aliphatic heterocycles. The predicted molar refractivity (Wildman–Crippen MR) is 64.5 cm³/mol. The van der Waals surface area contributed by atoms with E-state index < -0.39 is 18.4 Å².